The molecule has 1 aliphatic carbocycles. The Balaban J connectivity index is 2.34. The molecule has 1 heterocycles. The van der Waals surface area contributed by atoms with E-state index in [0.717, 1.165) is 0 Å². The van der Waals surface area contributed by atoms with Gasteiger partial charge in [-0.25, -0.2) is 9.59 Å². The van der Waals surface area contributed by atoms with Gasteiger partial charge in [0.2, 0.25) is 5.91 Å². The monoisotopic (exact) mass is 263 g/mol. The van der Waals surface area contributed by atoms with Crippen molar-refractivity contribution in [1.29, 1.82) is 0 Å². The summed E-state index contributed by atoms with van der Waals surface area (Å²) in [5.41, 5.74) is 0.195. The highest BCUT2D eigenvalue weighted by Crippen LogP contribution is 2.28. The number of carbonyl (C=O) groups excluding carboxylic acids is 2. The predicted octanol–water partition coefficient (Wildman–Crippen LogP) is 0.289. The van der Waals surface area contributed by atoms with Gasteiger partial charge in [-0.3, -0.25) is 4.79 Å². The Hall–Kier alpha value is -2.33. The van der Waals surface area contributed by atoms with Gasteiger partial charge in [0.1, 0.15) is 17.7 Å². The van der Waals surface area contributed by atoms with Crippen LogP contribution in [0.25, 0.3) is 0 Å². The number of carbonyl (C=O) groups is 2. The van der Waals surface area contributed by atoms with Crippen LogP contribution >= 0.6 is 0 Å². The zero-order chi connectivity index (χ0) is 14.0. The number of amides is 1. The fourth-order valence-electron chi connectivity index (χ4n) is 2.33. The Morgan fingerprint density at radius 3 is 2.89 bits per heavy atom. The van der Waals surface area contributed by atoms with Crippen LogP contribution in [-0.2, 0) is 19.1 Å². The molecule has 0 aromatic rings. The highest BCUT2D eigenvalue weighted by atomic mass is 16.5. The molecule has 0 aromatic heterocycles. The Kier molecular flexibility index (Phi) is 3.53. The number of nitrogens with zero attached hydrogens (tertiary/aromatic N) is 1. The number of methoxy groups -OCH3 is 1. The first-order valence-electron chi connectivity index (χ1n) is 5.81. The summed E-state index contributed by atoms with van der Waals surface area (Å²) in [5.74, 6) is 0.875. The number of carboxylic acid groups (broad SMARTS) is 1. The first kappa shape index (κ1) is 13.1. The second-order valence-electron chi connectivity index (χ2n) is 4.31. The molecule has 2 atom stereocenters. The topological polar surface area (TPSA) is 83.9 Å². The minimum Gasteiger partial charge on any atom is -0.497 e. The summed E-state index contributed by atoms with van der Waals surface area (Å²) in [6, 6.07) is -1.59. The third-order valence-electron chi connectivity index (χ3n) is 3.25. The summed E-state index contributed by atoms with van der Waals surface area (Å²) in [6.45, 7) is 0. The molecular formula is C13H13NO5. The number of hydrogen-bond donors (Lipinski definition) is 1. The van der Waals surface area contributed by atoms with E-state index in [2.05, 4.69) is 0 Å². The maximum Gasteiger partial charge on any atom is 0.326 e. The number of hydrogen-bond acceptors (Lipinski definition) is 4. The highest BCUT2D eigenvalue weighted by molar-refractivity contribution is 5.88. The van der Waals surface area contributed by atoms with Gasteiger partial charge in [0.15, 0.2) is 0 Å². The number of carboxylic acids is 1. The number of aliphatic carboxylic acids is 1. The molecule has 100 valence electrons. The molecule has 6 nitrogen and oxygen atoms in total. The smallest absolute Gasteiger partial charge is 0.326 e. The first-order valence-corrected chi connectivity index (χ1v) is 5.81. The van der Waals surface area contributed by atoms with E-state index in [9.17, 15) is 14.4 Å². The predicted molar refractivity (Wildman–Crippen MR) is 64.7 cm³/mol. The minimum absolute atomic E-state index is 0.175. The third-order valence-corrected chi connectivity index (χ3v) is 3.25. The van der Waals surface area contributed by atoms with E-state index in [1.165, 1.54) is 18.1 Å². The number of rotatable bonds is 3. The van der Waals surface area contributed by atoms with Gasteiger partial charge in [0.05, 0.1) is 18.7 Å². The summed E-state index contributed by atoms with van der Waals surface area (Å²) >= 11 is 0. The molecule has 0 aromatic carbocycles. The maximum atomic E-state index is 11.8. The van der Waals surface area contributed by atoms with Gasteiger partial charge in [-0.15, -0.1) is 0 Å². The van der Waals surface area contributed by atoms with Crippen LogP contribution in [0.15, 0.2) is 29.6 Å². The van der Waals surface area contributed by atoms with Crippen LogP contribution in [0.5, 0.6) is 0 Å². The van der Waals surface area contributed by atoms with Crippen molar-refractivity contribution in [2.24, 2.45) is 0 Å². The molecular weight excluding hydrogens is 250 g/mol. The van der Waals surface area contributed by atoms with Crippen molar-refractivity contribution < 1.29 is 24.2 Å². The average molecular weight is 263 g/mol. The molecule has 1 unspecified atom stereocenters. The Bertz CT molecular complexity index is 527. The van der Waals surface area contributed by atoms with Crippen molar-refractivity contribution in [3.63, 3.8) is 0 Å². The van der Waals surface area contributed by atoms with Crippen LogP contribution in [0.1, 0.15) is 12.8 Å². The second-order valence-corrected chi connectivity index (χ2v) is 4.31. The van der Waals surface area contributed by atoms with E-state index in [4.69, 9.17) is 9.84 Å². The van der Waals surface area contributed by atoms with Crippen LogP contribution in [-0.4, -0.2) is 47.0 Å². The molecule has 2 rings (SSSR count). The molecule has 1 aliphatic heterocycles. The SMILES string of the molecule is COC1=CC(=C=O)C(N2C(=O)CC[C@H]2C(=O)O)C=C1. The summed E-state index contributed by atoms with van der Waals surface area (Å²) in [4.78, 5) is 35.2. The van der Waals surface area contributed by atoms with E-state index in [0.29, 0.717) is 5.76 Å². The molecule has 0 bridgehead atoms. The third kappa shape index (κ3) is 2.30. The summed E-state index contributed by atoms with van der Waals surface area (Å²) in [6.07, 6.45) is 5.08. The molecule has 1 amide bonds. The molecule has 19 heavy (non-hydrogen) atoms. The van der Waals surface area contributed by atoms with Crippen molar-refractivity contribution in [2.75, 3.05) is 7.11 Å². The summed E-state index contributed by atoms with van der Waals surface area (Å²) in [5, 5.41) is 9.12. The fourth-order valence-corrected chi connectivity index (χ4v) is 2.33. The molecule has 0 saturated carbocycles. The Labute approximate surface area is 109 Å². The zero-order valence-corrected chi connectivity index (χ0v) is 10.3. The van der Waals surface area contributed by atoms with Crippen molar-refractivity contribution in [1.82, 2.24) is 4.90 Å². The zero-order valence-electron chi connectivity index (χ0n) is 10.3. The van der Waals surface area contributed by atoms with Gasteiger partial charge >= 0.3 is 5.97 Å². The van der Waals surface area contributed by atoms with Crippen LogP contribution in [0, 0.1) is 0 Å². The lowest BCUT2D eigenvalue weighted by Crippen LogP contribution is -2.46. The van der Waals surface area contributed by atoms with Crippen LogP contribution in [0.4, 0.5) is 0 Å². The number of likely N-dealkylation sites (tertiary alicyclic amines) is 1. The molecule has 1 saturated heterocycles. The molecule has 0 radical (unpaired) electrons. The highest BCUT2D eigenvalue weighted by Gasteiger charge is 2.41. The van der Waals surface area contributed by atoms with Crippen molar-refractivity contribution in [3.8, 4) is 0 Å². The van der Waals surface area contributed by atoms with E-state index in [1.807, 2.05) is 0 Å². The van der Waals surface area contributed by atoms with E-state index in [-0.39, 0.29) is 24.3 Å². The number of allylic oxidation sites excluding steroid dienone is 1. The van der Waals surface area contributed by atoms with Gasteiger partial charge in [0, 0.05) is 6.42 Å². The minimum atomic E-state index is -1.06. The Morgan fingerprint density at radius 2 is 2.32 bits per heavy atom. The largest absolute Gasteiger partial charge is 0.497 e. The molecule has 2 aliphatic rings. The molecule has 1 fully saturated rings. The standard InChI is InChI=1S/C13H13NO5/c1-19-9-2-3-10(8(6-9)7-15)14-11(13(17)18)4-5-12(14)16/h2-3,6,10-11H,4-5H2,1H3,(H,17,18)/t10?,11-/m0/s1. The van der Waals surface area contributed by atoms with Crippen molar-refractivity contribution >= 4 is 17.8 Å². The fraction of sp³-hybridized carbons (Fsp3) is 0.385. The maximum absolute atomic E-state index is 11.8. The lowest BCUT2D eigenvalue weighted by molar-refractivity contribution is -0.146. The number of ether oxygens (including phenoxy) is 1. The van der Waals surface area contributed by atoms with Gasteiger partial charge < -0.3 is 14.7 Å². The quantitative estimate of drug-likeness (QED) is 0.740. The second kappa shape index (κ2) is 5.12. The summed E-state index contributed by atoms with van der Waals surface area (Å²) in [7, 11) is 1.46. The Morgan fingerprint density at radius 1 is 1.58 bits per heavy atom. The van der Waals surface area contributed by atoms with E-state index < -0.39 is 18.1 Å². The average Bonchev–Trinajstić information content (AvgIpc) is 2.80. The summed E-state index contributed by atoms with van der Waals surface area (Å²) < 4.78 is 4.99. The van der Waals surface area contributed by atoms with Gasteiger partial charge in [-0.05, 0) is 18.6 Å². The normalized spacial score (nSPS) is 26.2. The lowest BCUT2D eigenvalue weighted by atomic mass is 10.00. The van der Waals surface area contributed by atoms with Gasteiger partial charge in [0.25, 0.3) is 0 Å². The molecule has 6 heteroatoms. The lowest BCUT2D eigenvalue weighted by Gasteiger charge is -2.30. The first-order chi connectivity index (χ1) is 9.08. The van der Waals surface area contributed by atoms with E-state index >= 15 is 0 Å². The van der Waals surface area contributed by atoms with Gasteiger partial charge in [-0.2, -0.15) is 0 Å². The van der Waals surface area contributed by atoms with Crippen LogP contribution < -0.4 is 0 Å². The molecule has 1 N–H and O–H groups in total. The van der Waals surface area contributed by atoms with Crippen LogP contribution in [0.3, 0.4) is 0 Å². The van der Waals surface area contributed by atoms with E-state index in [1.54, 1.807) is 18.1 Å². The van der Waals surface area contributed by atoms with Crippen LogP contribution in [0.2, 0.25) is 0 Å². The van der Waals surface area contributed by atoms with Crippen molar-refractivity contribution in [2.45, 2.75) is 24.9 Å². The van der Waals surface area contributed by atoms with Gasteiger partial charge in [-0.1, -0.05) is 6.08 Å². The van der Waals surface area contributed by atoms with Crippen molar-refractivity contribution in [3.05, 3.63) is 29.6 Å². The molecule has 0 spiro atoms.